The third-order valence-electron chi connectivity index (χ3n) is 3.10. The van der Waals surface area contributed by atoms with Gasteiger partial charge < -0.3 is 5.11 Å². The minimum absolute atomic E-state index is 0.359. The summed E-state index contributed by atoms with van der Waals surface area (Å²) < 4.78 is 0. The van der Waals surface area contributed by atoms with Crippen molar-refractivity contribution >= 4 is 0 Å². The van der Waals surface area contributed by atoms with Crippen molar-refractivity contribution in [1.29, 1.82) is 0 Å². The molecule has 88 valence electrons. The SMILES string of the molecule is Cc1ccc(-c2cccc(C(C)C)c2)cc1O. The Bertz CT molecular complexity index is 527. The molecule has 17 heavy (non-hydrogen) atoms. The van der Waals surface area contributed by atoms with E-state index < -0.39 is 0 Å². The number of phenolic OH excluding ortho intramolecular Hbond substituents is 1. The van der Waals surface area contributed by atoms with E-state index in [0.29, 0.717) is 11.7 Å². The molecule has 0 radical (unpaired) electrons. The highest BCUT2D eigenvalue weighted by atomic mass is 16.3. The van der Waals surface area contributed by atoms with Crippen LogP contribution >= 0.6 is 0 Å². The molecule has 0 saturated carbocycles. The van der Waals surface area contributed by atoms with Crippen LogP contribution in [0.5, 0.6) is 5.75 Å². The largest absolute Gasteiger partial charge is 0.508 e. The Kier molecular flexibility index (Phi) is 3.19. The van der Waals surface area contributed by atoms with Crippen molar-refractivity contribution in [1.82, 2.24) is 0 Å². The van der Waals surface area contributed by atoms with Crippen molar-refractivity contribution in [2.45, 2.75) is 26.7 Å². The van der Waals surface area contributed by atoms with Crippen molar-refractivity contribution < 1.29 is 5.11 Å². The van der Waals surface area contributed by atoms with Gasteiger partial charge in [-0.25, -0.2) is 0 Å². The number of hydrogen-bond acceptors (Lipinski definition) is 1. The zero-order valence-electron chi connectivity index (χ0n) is 10.6. The molecule has 0 aliphatic carbocycles. The minimum Gasteiger partial charge on any atom is -0.508 e. The van der Waals surface area contributed by atoms with Gasteiger partial charge in [-0.2, -0.15) is 0 Å². The Balaban J connectivity index is 2.45. The molecule has 2 aromatic rings. The second-order valence-electron chi connectivity index (χ2n) is 4.78. The quantitative estimate of drug-likeness (QED) is 0.799. The Morgan fingerprint density at radius 2 is 1.65 bits per heavy atom. The lowest BCUT2D eigenvalue weighted by molar-refractivity contribution is 0.471. The first-order chi connectivity index (χ1) is 8.08. The second kappa shape index (κ2) is 4.62. The highest BCUT2D eigenvalue weighted by Gasteiger charge is 2.04. The summed E-state index contributed by atoms with van der Waals surface area (Å²) in [4.78, 5) is 0. The molecule has 1 nitrogen and oxygen atoms in total. The maximum Gasteiger partial charge on any atom is 0.119 e. The average molecular weight is 226 g/mol. The van der Waals surface area contributed by atoms with E-state index in [1.807, 2.05) is 19.1 Å². The fraction of sp³-hybridized carbons (Fsp3) is 0.250. The van der Waals surface area contributed by atoms with Gasteiger partial charge in [0.2, 0.25) is 0 Å². The fourth-order valence-corrected chi connectivity index (χ4v) is 1.87. The van der Waals surface area contributed by atoms with Crippen LogP contribution in [0.1, 0.15) is 30.9 Å². The third kappa shape index (κ3) is 2.50. The number of benzene rings is 2. The molecule has 1 N–H and O–H groups in total. The van der Waals surface area contributed by atoms with Gasteiger partial charge in [-0.05, 0) is 41.2 Å². The normalized spacial score (nSPS) is 10.8. The minimum atomic E-state index is 0.359. The van der Waals surface area contributed by atoms with Crippen molar-refractivity contribution in [2.75, 3.05) is 0 Å². The Hall–Kier alpha value is -1.76. The summed E-state index contributed by atoms with van der Waals surface area (Å²) in [7, 11) is 0. The Morgan fingerprint density at radius 1 is 0.941 bits per heavy atom. The van der Waals surface area contributed by atoms with Gasteiger partial charge in [0, 0.05) is 0 Å². The molecular weight excluding hydrogens is 208 g/mol. The lowest BCUT2D eigenvalue weighted by Crippen LogP contribution is -1.88. The van der Waals surface area contributed by atoms with E-state index in [4.69, 9.17) is 0 Å². The number of phenols is 1. The first kappa shape index (κ1) is 11.7. The fourth-order valence-electron chi connectivity index (χ4n) is 1.87. The van der Waals surface area contributed by atoms with Gasteiger partial charge in [-0.15, -0.1) is 0 Å². The van der Waals surface area contributed by atoms with Crippen LogP contribution in [0.2, 0.25) is 0 Å². The van der Waals surface area contributed by atoms with Gasteiger partial charge >= 0.3 is 0 Å². The predicted octanol–water partition coefficient (Wildman–Crippen LogP) is 4.49. The zero-order valence-corrected chi connectivity index (χ0v) is 10.6. The van der Waals surface area contributed by atoms with Gasteiger partial charge in [0.1, 0.15) is 5.75 Å². The maximum absolute atomic E-state index is 9.74. The van der Waals surface area contributed by atoms with Crippen molar-refractivity contribution in [2.24, 2.45) is 0 Å². The molecule has 0 spiro atoms. The number of hydrogen-bond donors (Lipinski definition) is 1. The van der Waals surface area contributed by atoms with Gasteiger partial charge in [-0.1, -0.05) is 50.2 Å². The van der Waals surface area contributed by atoms with E-state index in [0.717, 1.165) is 16.7 Å². The molecule has 0 atom stereocenters. The highest BCUT2D eigenvalue weighted by Crippen LogP contribution is 2.28. The predicted molar refractivity (Wildman–Crippen MR) is 72.4 cm³/mol. The summed E-state index contributed by atoms with van der Waals surface area (Å²) in [5.41, 5.74) is 4.46. The van der Waals surface area contributed by atoms with Gasteiger partial charge in [0.25, 0.3) is 0 Å². The van der Waals surface area contributed by atoms with Crippen LogP contribution in [0, 0.1) is 6.92 Å². The monoisotopic (exact) mass is 226 g/mol. The zero-order chi connectivity index (χ0) is 12.4. The molecule has 0 unspecified atom stereocenters. The summed E-state index contributed by atoms with van der Waals surface area (Å²) in [5, 5.41) is 9.74. The smallest absolute Gasteiger partial charge is 0.119 e. The van der Waals surface area contributed by atoms with E-state index >= 15 is 0 Å². The van der Waals surface area contributed by atoms with E-state index in [1.54, 1.807) is 0 Å². The summed E-state index contributed by atoms with van der Waals surface area (Å²) in [6.07, 6.45) is 0. The number of aromatic hydroxyl groups is 1. The molecule has 0 aromatic heterocycles. The van der Waals surface area contributed by atoms with Crippen LogP contribution in [0.3, 0.4) is 0 Å². The van der Waals surface area contributed by atoms with E-state index in [2.05, 4.69) is 44.2 Å². The molecule has 0 saturated heterocycles. The molecule has 0 aliphatic heterocycles. The second-order valence-corrected chi connectivity index (χ2v) is 4.78. The Labute approximate surface area is 103 Å². The lowest BCUT2D eigenvalue weighted by atomic mass is 9.97. The van der Waals surface area contributed by atoms with Gasteiger partial charge in [0.05, 0.1) is 0 Å². The summed E-state index contributed by atoms with van der Waals surface area (Å²) in [5.74, 6) is 0.881. The van der Waals surface area contributed by atoms with E-state index in [1.165, 1.54) is 5.56 Å². The van der Waals surface area contributed by atoms with E-state index in [-0.39, 0.29) is 0 Å². The van der Waals surface area contributed by atoms with Gasteiger partial charge in [0.15, 0.2) is 0 Å². The summed E-state index contributed by atoms with van der Waals surface area (Å²) >= 11 is 0. The molecule has 0 amide bonds. The number of aryl methyl sites for hydroxylation is 1. The topological polar surface area (TPSA) is 20.2 Å². The first-order valence-electron chi connectivity index (χ1n) is 5.98. The summed E-state index contributed by atoms with van der Waals surface area (Å²) in [6, 6.07) is 14.3. The molecule has 0 aliphatic rings. The summed E-state index contributed by atoms with van der Waals surface area (Å²) in [6.45, 7) is 6.28. The van der Waals surface area contributed by atoms with Crippen molar-refractivity contribution in [3.63, 3.8) is 0 Å². The number of rotatable bonds is 2. The van der Waals surface area contributed by atoms with Crippen LogP contribution in [0.15, 0.2) is 42.5 Å². The lowest BCUT2D eigenvalue weighted by Gasteiger charge is -2.09. The third-order valence-corrected chi connectivity index (χ3v) is 3.10. The van der Waals surface area contributed by atoms with Crippen molar-refractivity contribution in [3.8, 4) is 16.9 Å². The molecule has 0 fully saturated rings. The van der Waals surface area contributed by atoms with Crippen LogP contribution in [-0.2, 0) is 0 Å². The molecule has 0 heterocycles. The maximum atomic E-state index is 9.74. The molecule has 2 aromatic carbocycles. The molecule has 0 bridgehead atoms. The standard InChI is InChI=1S/C16H18O/c1-11(2)13-5-4-6-14(9-13)15-8-7-12(3)16(17)10-15/h4-11,17H,1-3H3. The van der Waals surface area contributed by atoms with Crippen LogP contribution in [0.25, 0.3) is 11.1 Å². The average Bonchev–Trinajstić information content (AvgIpc) is 2.33. The highest BCUT2D eigenvalue weighted by molar-refractivity contribution is 5.66. The van der Waals surface area contributed by atoms with Crippen molar-refractivity contribution in [3.05, 3.63) is 53.6 Å². The van der Waals surface area contributed by atoms with Crippen LogP contribution in [0.4, 0.5) is 0 Å². The Morgan fingerprint density at radius 3 is 2.29 bits per heavy atom. The van der Waals surface area contributed by atoms with Crippen LogP contribution in [-0.4, -0.2) is 5.11 Å². The van der Waals surface area contributed by atoms with Gasteiger partial charge in [-0.3, -0.25) is 0 Å². The van der Waals surface area contributed by atoms with Crippen LogP contribution < -0.4 is 0 Å². The molecular formula is C16H18O. The first-order valence-corrected chi connectivity index (χ1v) is 5.98. The van der Waals surface area contributed by atoms with E-state index in [9.17, 15) is 5.11 Å². The molecule has 1 heteroatoms. The molecule has 2 rings (SSSR count).